The van der Waals surface area contributed by atoms with E-state index in [1.54, 1.807) is 18.2 Å². The van der Waals surface area contributed by atoms with Crippen LogP contribution >= 0.6 is 35.0 Å². The quantitative estimate of drug-likeness (QED) is 0.325. The molecular weight excluding hydrogens is 509 g/mol. The predicted octanol–water partition coefficient (Wildman–Crippen LogP) is 5.04. The molecule has 3 aromatic rings. The molecule has 1 aliphatic rings. The van der Waals surface area contributed by atoms with Crippen LogP contribution in [0, 0.1) is 17.3 Å². The number of hydrogen-bond acceptors (Lipinski definition) is 6. The Morgan fingerprint density at radius 2 is 1.97 bits per heavy atom. The lowest BCUT2D eigenvalue weighted by atomic mass is 9.94. The average Bonchev–Trinajstić information content (AvgIpc) is 3.56. The molecule has 4 rings (SSSR count). The molecule has 1 saturated carbocycles. The van der Waals surface area contributed by atoms with Crippen molar-refractivity contribution < 1.29 is 14.7 Å². The van der Waals surface area contributed by atoms with Gasteiger partial charge in [0.05, 0.1) is 27.2 Å². The van der Waals surface area contributed by atoms with E-state index in [9.17, 15) is 9.59 Å². The number of carbonyl (C=O) groups is 2. The van der Waals surface area contributed by atoms with Crippen molar-refractivity contribution in [1.29, 1.82) is 0 Å². The number of nitrogens with one attached hydrogen (secondary N) is 1. The van der Waals surface area contributed by atoms with Crippen molar-refractivity contribution in [2.45, 2.75) is 37.8 Å². The third-order valence-corrected chi connectivity index (χ3v) is 6.87. The first kappa shape index (κ1) is 25.0. The lowest BCUT2D eigenvalue weighted by molar-refractivity contribution is -0.143. The van der Waals surface area contributed by atoms with Gasteiger partial charge in [-0.1, -0.05) is 52.9 Å². The minimum Gasteiger partial charge on any atom is -0.480 e. The molecule has 2 aromatic carbocycles. The zero-order valence-corrected chi connectivity index (χ0v) is 21.2. The van der Waals surface area contributed by atoms with E-state index in [4.69, 9.17) is 28.3 Å². The highest BCUT2D eigenvalue weighted by atomic mass is 35.5. The minimum absolute atomic E-state index is 0.0466. The maximum Gasteiger partial charge on any atom is 0.321 e. The molecular formula is C24H21Cl2N5O3S. The van der Waals surface area contributed by atoms with Crippen LogP contribution in [-0.4, -0.2) is 42.9 Å². The number of rotatable bonds is 7. The second-order valence-corrected chi connectivity index (χ2v) is 10.3. The van der Waals surface area contributed by atoms with Crippen molar-refractivity contribution >= 4 is 52.5 Å². The maximum absolute atomic E-state index is 12.6. The number of carboxylic acid groups (broad SMARTS) is 1. The zero-order chi connectivity index (χ0) is 25.2. The summed E-state index contributed by atoms with van der Waals surface area (Å²) < 4.78 is 1.53. The van der Waals surface area contributed by atoms with Crippen molar-refractivity contribution in [3.63, 3.8) is 0 Å². The van der Waals surface area contributed by atoms with Gasteiger partial charge in [0.15, 0.2) is 0 Å². The summed E-state index contributed by atoms with van der Waals surface area (Å²) in [6.07, 6.45) is 2.32. The van der Waals surface area contributed by atoms with Gasteiger partial charge < -0.3 is 10.4 Å². The molecule has 1 aliphatic carbocycles. The molecule has 2 N–H and O–H groups in total. The largest absolute Gasteiger partial charge is 0.480 e. The molecule has 0 spiro atoms. The normalized spacial score (nSPS) is 13.1. The van der Waals surface area contributed by atoms with E-state index in [0.29, 0.717) is 33.0 Å². The second-order valence-electron chi connectivity index (χ2n) is 8.57. The molecule has 1 fully saturated rings. The van der Waals surface area contributed by atoms with Crippen molar-refractivity contribution in [2.75, 3.05) is 11.1 Å². The number of anilines is 1. The molecule has 0 saturated heterocycles. The molecule has 0 atom stereocenters. The van der Waals surface area contributed by atoms with E-state index in [1.165, 1.54) is 35.9 Å². The molecule has 1 amide bonds. The van der Waals surface area contributed by atoms with Gasteiger partial charge in [-0.3, -0.25) is 9.59 Å². The summed E-state index contributed by atoms with van der Waals surface area (Å²) in [5.74, 6) is 4.80. The molecule has 8 nitrogen and oxygen atoms in total. The van der Waals surface area contributed by atoms with Crippen molar-refractivity contribution in [3.05, 3.63) is 57.6 Å². The topological polar surface area (TPSA) is 110 Å². The van der Waals surface area contributed by atoms with E-state index in [0.717, 1.165) is 12.8 Å². The molecule has 1 aromatic heterocycles. The van der Waals surface area contributed by atoms with Crippen LogP contribution in [-0.2, 0) is 9.59 Å². The summed E-state index contributed by atoms with van der Waals surface area (Å²) in [6.45, 7) is 3.04. The van der Waals surface area contributed by atoms with E-state index in [-0.39, 0.29) is 16.7 Å². The fourth-order valence-corrected chi connectivity index (χ4v) is 4.18. The number of amides is 1. The summed E-state index contributed by atoms with van der Waals surface area (Å²) in [4.78, 5) is 23.8. The van der Waals surface area contributed by atoms with Crippen LogP contribution < -0.4 is 5.32 Å². The van der Waals surface area contributed by atoms with E-state index in [1.807, 2.05) is 18.2 Å². The number of aliphatic carboxylic acids is 1. The lowest BCUT2D eigenvalue weighted by Crippen LogP contribution is -2.21. The molecule has 1 heterocycles. The standard InChI is InChI=1S/C24H21Cl2N5O3S/c1-24(2,22(33)34)10-9-14-3-8-19(18(26)11-14)27-21(32)13-35-23-28-29-30-31(23)20-12-16(15-4-5-15)6-7-17(20)25/h3,6-8,11-12,15H,4-5,13H2,1-2H3,(H,27,32)(H,33,34). The number of halogens is 2. The first-order valence-corrected chi connectivity index (χ1v) is 12.4. The smallest absolute Gasteiger partial charge is 0.321 e. The number of hydrogen-bond donors (Lipinski definition) is 2. The third-order valence-electron chi connectivity index (χ3n) is 5.32. The third kappa shape index (κ3) is 6.14. The van der Waals surface area contributed by atoms with Crippen molar-refractivity contribution in [3.8, 4) is 17.5 Å². The fraction of sp³-hybridized carbons (Fsp3) is 0.292. The first-order valence-electron chi connectivity index (χ1n) is 10.7. The van der Waals surface area contributed by atoms with Crippen LogP contribution in [0.2, 0.25) is 10.0 Å². The highest BCUT2D eigenvalue weighted by molar-refractivity contribution is 7.99. The predicted molar refractivity (Wildman–Crippen MR) is 135 cm³/mol. The van der Waals surface area contributed by atoms with Gasteiger partial charge >= 0.3 is 5.97 Å². The number of tetrazole rings is 1. The van der Waals surface area contributed by atoms with Crippen LogP contribution in [0.4, 0.5) is 5.69 Å². The summed E-state index contributed by atoms with van der Waals surface area (Å²) in [5.41, 5.74) is 1.65. The first-order chi connectivity index (χ1) is 16.6. The van der Waals surface area contributed by atoms with Gasteiger partial charge in [0.25, 0.3) is 0 Å². The highest BCUT2D eigenvalue weighted by Crippen LogP contribution is 2.41. The Kier molecular flexibility index (Phi) is 7.36. The second kappa shape index (κ2) is 10.3. The van der Waals surface area contributed by atoms with Gasteiger partial charge in [-0.2, -0.15) is 4.68 Å². The summed E-state index contributed by atoms with van der Waals surface area (Å²) in [6, 6.07) is 10.7. The van der Waals surface area contributed by atoms with Crippen LogP contribution in [0.5, 0.6) is 0 Å². The van der Waals surface area contributed by atoms with Gasteiger partial charge in [-0.15, -0.1) is 5.10 Å². The van der Waals surface area contributed by atoms with Crippen LogP contribution in [0.15, 0.2) is 41.6 Å². The molecule has 0 bridgehead atoms. The molecule has 35 heavy (non-hydrogen) atoms. The van der Waals surface area contributed by atoms with Crippen LogP contribution in [0.1, 0.15) is 43.7 Å². The van der Waals surface area contributed by atoms with Gasteiger partial charge in [-0.05, 0) is 78.9 Å². The number of aromatic nitrogens is 4. The zero-order valence-electron chi connectivity index (χ0n) is 18.9. The number of carboxylic acids is 1. The molecule has 0 aliphatic heterocycles. The molecule has 180 valence electrons. The number of carbonyl (C=O) groups excluding carboxylic acids is 1. The van der Waals surface area contributed by atoms with Gasteiger partial charge in [-0.25, -0.2) is 0 Å². The van der Waals surface area contributed by atoms with E-state index in [2.05, 4.69) is 32.7 Å². The summed E-state index contributed by atoms with van der Waals surface area (Å²) in [7, 11) is 0. The van der Waals surface area contributed by atoms with Crippen LogP contribution in [0.3, 0.4) is 0 Å². The van der Waals surface area contributed by atoms with Gasteiger partial charge in [0.2, 0.25) is 11.1 Å². The van der Waals surface area contributed by atoms with E-state index < -0.39 is 11.4 Å². The summed E-state index contributed by atoms with van der Waals surface area (Å²) in [5, 5.41) is 25.0. The average molecular weight is 530 g/mol. The Hall–Kier alpha value is -3.06. The summed E-state index contributed by atoms with van der Waals surface area (Å²) >= 11 is 13.9. The van der Waals surface area contributed by atoms with Crippen LogP contribution in [0.25, 0.3) is 5.69 Å². The van der Waals surface area contributed by atoms with Crippen molar-refractivity contribution in [2.24, 2.45) is 5.41 Å². The Labute approximate surface area is 216 Å². The van der Waals surface area contributed by atoms with Gasteiger partial charge in [0, 0.05) is 5.56 Å². The van der Waals surface area contributed by atoms with Crippen molar-refractivity contribution in [1.82, 2.24) is 20.2 Å². The minimum atomic E-state index is -1.19. The fourth-order valence-electron chi connectivity index (χ4n) is 3.08. The number of benzene rings is 2. The maximum atomic E-state index is 12.6. The number of thioether (sulfide) groups is 1. The lowest BCUT2D eigenvalue weighted by Gasteiger charge is -2.10. The molecule has 11 heteroatoms. The SMILES string of the molecule is CC(C)(C#Cc1ccc(NC(=O)CSc2nnnn2-c2cc(C3CC3)ccc2Cl)c(Cl)c1)C(=O)O. The monoisotopic (exact) mass is 529 g/mol. The van der Waals surface area contributed by atoms with Gasteiger partial charge in [0.1, 0.15) is 5.41 Å². The highest BCUT2D eigenvalue weighted by Gasteiger charge is 2.25. The Morgan fingerprint density at radius 1 is 1.20 bits per heavy atom. The number of nitrogens with zero attached hydrogens (tertiary/aromatic N) is 4. The molecule has 0 radical (unpaired) electrons. The van der Waals surface area contributed by atoms with E-state index >= 15 is 0 Å². The molecule has 0 unspecified atom stereocenters. The Bertz CT molecular complexity index is 1360. The Morgan fingerprint density at radius 3 is 2.66 bits per heavy atom. The Balaban J connectivity index is 1.41.